The van der Waals surface area contributed by atoms with E-state index in [0.29, 0.717) is 0 Å². The van der Waals surface area contributed by atoms with Crippen LogP contribution in [-0.4, -0.2) is 0 Å². The van der Waals surface area contributed by atoms with Gasteiger partial charge in [0.1, 0.15) is 0 Å². The Hall–Kier alpha value is -2.26. The van der Waals surface area contributed by atoms with Crippen molar-refractivity contribution in [2.45, 2.75) is 34.1 Å². The van der Waals surface area contributed by atoms with Crippen molar-refractivity contribution in [2.24, 2.45) is 0 Å². The van der Waals surface area contributed by atoms with E-state index in [4.69, 9.17) is 6.42 Å². The van der Waals surface area contributed by atoms with Crippen molar-refractivity contribution in [1.82, 2.24) is 0 Å². The van der Waals surface area contributed by atoms with Gasteiger partial charge in [-0.05, 0) is 74.1 Å². The molecule has 0 heterocycles. The summed E-state index contributed by atoms with van der Waals surface area (Å²) in [6, 6.07) is 10.7. The summed E-state index contributed by atoms with van der Waals surface area (Å²) in [5.41, 5.74) is 9.87. The zero-order valence-corrected chi connectivity index (χ0v) is 13.4. The second kappa shape index (κ2) is 6.02. The first-order valence-corrected chi connectivity index (χ1v) is 7.24. The van der Waals surface area contributed by atoms with Crippen molar-refractivity contribution in [3.8, 4) is 12.3 Å². The Labute approximate surface area is 128 Å². The molecule has 0 saturated carbocycles. The molecule has 0 radical (unpaired) electrons. The minimum Gasteiger partial charge on any atom is -0.115 e. The van der Waals surface area contributed by atoms with E-state index in [1.807, 2.05) is 6.07 Å². The van der Waals surface area contributed by atoms with Gasteiger partial charge in [-0.1, -0.05) is 41.8 Å². The Morgan fingerprint density at radius 2 is 1.76 bits per heavy atom. The van der Waals surface area contributed by atoms with Gasteiger partial charge in [0.25, 0.3) is 0 Å². The molecule has 0 saturated heterocycles. The highest BCUT2D eigenvalue weighted by atomic mass is 14.1. The van der Waals surface area contributed by atoms with Crippen LogP contribution in [0.1, 0.15) is 45.9 Å². The lowest BCUT2D eigenvalue weighted by Crippen LogP contribution is -2.00. The van der Waals surface area contributed by atoms with Gasteiger partial charge < -0.3 is 0 Å². The Kier molecular flexibility index (Phi) is 4.34. The molecule has 0 amide bonds. The van der Waals surface area contributed by atoms with Gasteiger partial charge in [-0.2, -0.15) is 0 Å². The SMILES string of the molecule is C#Cc1ccc(Cc2cc(C)cc(C)c2C(=C)C)c(C)c1. The maximum absolute atomic E-state index is 5.46. The lowest BCUT2D eigenvalue weighted by atomic mass is 9.89. The standard InChI is InChI=1S/C21H22/c1-7-18-8-9-19(16(5)12-18)13-20-11-15(4)10-17(6)21(20)14(2)3/h1,8-12H,2,13H2,3-6H3. The fraction of sp³-hybridized carbons (Fsp3) is 0.238. The van der Waals surface area contributed by atoms with Crippen LogP contribution in [0.5, 0.6) is 0 Å². The van der Waals surface area contributed by atoms with Crippen LogP contribution < -0.4 is 0 Å². The number of benzene rings is 2. The third kappa shape index (κ3) is 3.26. The molecule has 2 rings (SSSR count). The van der Waals surface area contributed by atoms with Crippen LogP contribution in [0.4, 0.5) is 0 Å². The molecule has 0 aliphatic heterocycles. The van der Waals surface area contributed by atoms with Crippen LogP contribution in [-0.2, 0) is 6.42 Å². The van der Waals surface area contributed by atoms with Crippen LogP contribution in [0.2, 0.25) is 0 Å². The first-order valence-electron chi connectivity index (χ1n) is 7.24. The molecule has 0 spiro atoms. The quantitative estimate of drug-likeness (QED) is 0.673. The molecule has 0 aliphatic rings. The molecular weight excluding hydrogens is 252 g/mol. The molecule has 0 fully saturated rings. The number of rotatable bonds is 3. The first-order chi connectivity index (χ1) is 9.92. The second-order valence-corrected chi connectivity index (χ2v) is 5.86. The van der Waals surface area contributed by atoms with E-state index >= 15 is 0 Å². The highest BCUT2D eigenvalue weighted by Gasteiger charge is 2.10. The van der Waals surface area contributed by atoms with Crippen molar-refractivity contribution >= 4 is 5.57 Å². The lowest BCUT2D eigenvalue weighted by molar-refractivity contribution is 1.12. The lowest BCUT2D eigenvalue weighted by Gasteiger charge is -2.15. The van der Waals surface area contributed by atoms with E-state index < -0.39 is 0 Å². The van der Waals surface area contributed by atoms with Gasteiger partial charge in [0.2, 0.25) is 0 Å². The number of terminal acetylenes is 1. The highest BCUT2D eigenvalue weighted by molar-refractivity contribution is 5.68. The summed E-state index contributed by atoms with van der Waals surface area (Å²) in [5, 5.41) is 0. The Balaban J connectivity index is 2.49. The maximum Gasteiger partial charge on any atom is 0.0245 e. The first kappa shape index (κ1) is 15.1. The molecule has 0 aliphatic carbocycles. The van der Waals surface area contributed by atoms with Gasteiger partial charge in [0, 0.05) is 5.56 Å². The van der Waals surface area contributed by atoms with E-state index in [1.165, 1.54) is 33.4 Å². The third-order valence-corrected chi connectivity index (χ3v) is 3.88. The van der Waals surface area contributed by atoms with E-state index in [2.05, 4.69) is 64.5 Å². The van der Waals surface area contributed by atoms with Gasteiger partial charge in [-0.25, -0.2) is 0 Å². The Morgan fingerprint density at radius 3 is 2.33 bits per heavy atom. The van der Waals surface area contributed by atoms with Crippen LogP contribution >= 0.6 is 0 Å². The summed E-state index contributed by atoms with van der Waals surface area (Å²) in [7, 11) is 0. The van der Waals surface area contributed by atoms with Crippen LogP contribution in [0.15, 0.2) is 36.9 Å². The van der Waals surface area contributed by atoms with Gasteiger partial charge in [0.15, 0.2) is 0 Å². The molecule has 2 aromatic carbocycles. The summed E-state index contributed by atoms with van der Waals surface area (Å²) in [4.78, 5) is 0. The summed E-state index contributed by atoms with van der Waals surface area (Å²) in [6.07, 6.45) is 6.38. The zero-order valence-electron chi connectivity index (χ0n) is 13.4. The summed E-state index contributed by atoms with van der Waals surface area (Å²) in [6.45, 7) is 12.7. The molecule has 106 valence electrons. The number of hydrogen-bond acceptors (Lipinski definition) is 0. The fourth-order valence-electron chi connectivity index (χ4n) is 2.99. The summed E-state index contributed by atoms with van der Waals surface area (Å²) < 4.78 is 0. The molecule has 21 heavy (non-hydrogen) atoms. The molecule has 0 atom stereocenters. The fourth-order valence-corrected chi connectivity index (χ4v) is 2.99. The number of hydrogen-bond donors (Lipinski definition) is 0. The topological polar surface area (TPSA) is 0 Å². The summed E-state index contributed by atoms with van der Waals surface area (Å²) in [5.74, 6) is 2.69. The summed E-state index contributed by atoms with van der Waals surface area (Å²) >= 11 is 0. The Morgan fingerprint density at radius 1 is 1.05 bits per heavy atom. The molecule has 0 heteroatoms. The van der Waals surface area contributed by atoms with E-state index in [0.717, 1.165) is 17.6 Å². The average Bonchev–Trinajstić information content (AvgIpc) is 2.39. The normalized spacial score (nSPS) is 10.2. The smallest absolute Gasteiger partial charge is 0.0245 e. The van der Waals surface area contributed by atoms with Gasteiger partial charge in [-0.15, -0.1) is 6.42 Å². The minimum absolute atomic E-state index is 0.918. The molecule has 0 aromatic heterocycles. The van der Waals surface area contributed by atoms with Crippen LogP contribution in [0, 0.1) is 33.1 Å². The monoisotopic (exact) mass is 274 g/mol. The number of aryl methyl sites for hydroxylation is 3. The van der Waals surface area contributed by atoms with E-state index in [1.54, 1.807) is 0 Å². The predicted octanol–water partition coefficient (Wildman–Crippen LogP) is 5.22. The highest BCUT2D eigenvalue weighted by Crippen LogP contribution is 2.27. The minimum atomic E-state index is 0.918. The van der Waals surface area contributed by atoms with Crippen molar-refractivity contribution in [3.05, 3.63) is 75.9 Å². The van der Waals surface area contributed by atoms with E-state index in [9.17, 15) is 0 Å². The molecule has 0 N–H and O–H groups in total. The number of allylic oxidation sites excluding steroid dienone is 1. The molecule has 2 aromatic rings. The average molecular weight is 274 g/mol. The van der Waals surface area contributed by atoms with Crippen LogP contribution in [0.25, 0.3) is 5.57 Å². The Bertz CT molecular complexity index is 739. The van der Waals surface area contributed by atoms with Crippen molar-refractivity contribution in [2.75, 3.05) is 0 Å². The largest absolute Gasteiger partial charge is 0.115 e. The predicted molar refractivity (Wildman–Crippen MR) is 92.5 cm³/mol. The van der Waals surface area contributed by atoms with Crippen molar-refractivity contribution in [1.29, 1.82) is 0 Å². The third-order valence-electron chi connectivity index (χ3n) is 3.88. The second-order valence-electron chi connectivity index (χ2n) is 5.86. The van der Waals surface area contributed by atoms with Crippen LogP contribution in [0.3, 0.4) is 0 Å². The maximum atomic E-state index is 5.46. The van der Waals surface area contributed by atoms with Gasteiger partial charge in [-0.3, -0.25) is 0 Å². The van der Waals surface area contributed by atoms with Gasteiger partial charge >= 0.3 is 0 Å². The zero-order chi connectivity index (χ0) is 15.6. The molecular formula is C21H22. The van der Waals surface area contributed by atoms with Crippen molar-refractivity contribution in [3.63, 3.8) is 0 Å². The molecule has 0 unspecified atom stereocenters. The molecule has 0 bridgehead atoms. The molecule has 0 nitrogen and oxygen atoms in total. The van der Waals surface area contributed by atoms with Crippen molar-refractivity contribution < 1.29 is 0 Å². The van der Waals surface area contributed by atoms with E-state index in [-0.39, 0.29) is 0 Å². The van der Waals surface area contributed by atoms with Gasteiger partial charge in [0.05, 0.1) is 0 Å².